The summed E-state index contributed by atoms with van der Waals surface area (Å²) in [5.74, 6) is 3.09. The average molecular weight is 416 g/mol. The van der Waals surface area contributed by atoms with Crippen LogP contribution in [0.15, 0.2) is 47.5 Å². The van der Waals surface area contributed by atoms with Gasteiger partial charge >= 0.3 is 0 Å². The molecule has 0 radical (unpaired) electrons. The Hall–Kier alpha value is -2.93. The van der Waals surface area contributed by atoms with E-state index >= 15 is 0 Å². The van der Waals surface area contributed by atoms with Gasteiger partial charge in [0, 0.05) is 25.7 Å². The van der Waals surface area contributed by atoms with Crippen molar-refractivity contribution in [2.75, 3.05) is 41.5 Å². The monoisotopic (exact) mass is 415 g/mol. The fourth-order valence-corrected chi connectivity index (χ4v) is 2.93. The van der Waals surface area contributed by atoms with Crippen molar-refractivity contribution < 1.29 is 18.9 Å². The number of methoxy groups -OCH3 is 3. The second-order valence-corrected chi connectivity index (χ2v) is 6.92. The van der Waals surface area contributed by atoms with Crippen LogP contribution >= 0.6 is 0 Å². The van der Waals surface area contributed by atoms with Crippen molar-refractivity contribution in [3.63, 3.8) is 0 Å². The highest BCUT2D eigenvalue weighted by Crippen LogP contribution is 2.33. The number of benzene rings is 2. The predicted octanol–water partition coefficient (Wildman–Crippen LogP) is 3.23. The molecule has 0 amide bonds. The van der Waals surface area contributed by atoms with E-state index in [-0.39, 0.29) is 0 Å². The van der Waals surface area contributed by atoms with Crippen LogP contribution in [0.4, 0.5) is 0 Å². The zero-order valence-corrected chi connectivity index (χ0v) is 18.5. The Bertz CT molecular complexity index is 771. The molecule has 1 unspecified atom stereocenters. The molecule has 7 heteroatoms. The molecule has 0 aliphatic heterocycles. The first-order chi connectivity index (χ1) is 14.6. The van der Waals surface area contributed by atoms with Crippen LogP contribution in [0.5, 0.6) is 17.2 Å². The molecule has 0 aromatic heterocycles. The summed E-state index contributed by atoms with van der Waals surface area (Å²) in [6, 6.07) is 13.8. The largest absolute Gasteiger partial charge is 0.496 e. The number of ether oxygens (including phenoxy) is 4. The number of hydrogen-bond acceptors (Lipinski definition) is 5. The molecule has 0 fully saturated rings. The minimum atomic E-state index is 0.331. The average Bonchev–Trinajstić information content (AvgIpc) is 2.79. The van der Waals surface area contributed by atoms with E-state index in [9.17, 15) is 0 Å². The van der Waals surface area contributed by atoms with Gasteiger partial charge in [0.05, 0.1) is 46.7 Å². The summed E-state index contributed by atoms with van der Waals surface area (Å²) in [7, 11) is 6.61. The lowest BCUT2D eigenvalue weighted by atomic mass is 10.1. The molecule has 2 N–H and O–H groups in total. The molecule has 0 spiro atoms. The molecule has 0 saturated carbocycles. The lowest BCUT2D eigenvalue weighted by Crippen LogP contribution is -2.39. The van der Waals surface area contributed by atoms with Crippen LogP contribution in [0.3, 0.4) is 0 Å². The highest BCUT2D eigenvalue weighted by molar-refractivity contribution is 5.79. The van der Waals surface area contributed by atoms with Gasteiger partial charge in [-0.1, -0.05) is 37.3 Å². The molecule has 7 nitrogen and oxygen atoms in total. The first-order valence-electron chi connectivity index (χ1n) is 9.96. The maximum absolute atomic E-state index is 5.81. The second kappa shape index (κ2) is 12.6. The van der Waals surface area contributed by atoms with Gasteiger partial charge in [-0.05, 0) is 11.5 Å². The summed E-state index contributed by atoms with van der Waals surface area (Å²) in [6.07, 6.45) is 0. The lowest BCUT2D eigenvalue weighted by Gasteiger charge is -2.19. The molecule has 0 bridgehead atoms. The van der Waals surface area contributed by atoms with Gasteiger partial charge in [0.15, 0.2) is 5.96 Å². The zero-order chi connectivity index (χ0) is 21.8. The molecule has 30 heavy (non-hydrogen) atoms. The first-order valence-corrected chi connectivity index (χ1v) is 9.96. The van der Waals surface area contributed by atoms with Crippen molar-refractivity contribution in [2.45, 2.75) is 20.1 Å². The highest BCUT2D eigenvalue weighted by Gasteiger charge is 2.14. The summed E-state index contributed by atoms with van der Waals surface area (Å²) >= 11 is 0. The van der Waals surface area contributed by atoms with Crippen LogP contribution in [0.1, 0.15) is 18.1 Å². The van der Waals surface area contributed by atoms with Gasteiger partial charge in [-0.2, -0.15) is 0 Å². The number of nitrogens with zero attached hydrogens (tertiary/aromatic N) is 1. The highest BCUT2D eigenvalue weighted by atomic mass is 16.5. The third kappa shape index (κ3) is 7.15. The van der Waals surface area contributed by atoms with E-state index in [1.54, 1.807) is 28.4 Å². The molecule has 2 aromatic rings. The van der Waals surface area contributed by atoms with Gasteiger partial charge in [0.1, 0.15) is 17.2 Å². The molecule has 0 saturated heterocycles. The summed E-state index contributed by atoms with van der Waals surface area (Å²) in [5, 5.41) is 6.65. The van der Waals surface area contributed by atoms with Crippen molar-refractivity contribution in [1.29, 1.82) is 0 Å². The molecular weight excluding hydrogens is 382 g/mol. The third-order valence-corrected chi connectivity index (χ3v) is 4.61. The normalized spacial score (nSPS) is 12.2. The molecule has 2 rings (SSSR count). The Labute approximate surface area is 179 Å². The fourth-order valence-electron chi connectivity index (χ4n) is 2.93. The van der Waals surface area contributed by atoms with E-state index < -0.39 is 0 Å². The van der Waals surface area contributed by atoms with Crippen LogP contribution in [-0.4, -0.2) is 47.5 Å². The molecule has 2 aromatic carbocycles. The number of aliphatic imine (C=N–C) groups is 1. The quantitative estimate of drug-likeness (QED) is 0.434. The molecular formula is C23H33N3O4. The van der Waals surface area contributed by atoms with Crippen LogP contribution in [0.25, 0.3) is 0 Å². The summed E-state index contributed by atoms with van der Waals surface area (Å²) in [6.45, 7) is 4.66. The second-order valence-electron chi connectivity index (χ2n) is 6.92. The SMILES string of the molecule is CN=C(NCc1c(OC)cc(OC)cc1OC)NCC(C)COCc1ccccc1. The molecule has 1 atom stereocenters. The van der Waals surface area contributed by atoms with Crippen molar-refractivity contribution in [3.05, 3.63) is 53.6 Å². The number of rotatable bonds is 11. The molecule has 164 valence electrons. The number of hydrogen-bond donors (Lipinski definition) is 2. The van der Waals surface area contributed by atoms with Crippen LogP contribution in [0.2, 0.25) is 0 Å². The maximum Gasteiger partial charge on any atom is 0.191 e. The van der Waals surface area contributed by atoms with Gasteiger partial charge in [0.25, 0.3) is 0 Å². The van der Waals surface area contributed by atoms with Crippen LogP contribution in [0, 0.1) is 5.92 Å². The zero-order valence-electron chi connectivity index (χ0n) is 18.5. The van der Waals surface area contributed by atoms with Gasteiger partial charge in [0.2, 0.25) is 0 Å². The van der Waals surface area contributed by atoms with E-state index in [4.69, 9.17) is 18.9 Å². The minimum Gasteiger partial charge on any atom is -0.496 e. The summed E-state index contributed by atoms with van der Waals surface area (Å²) in [5.41, 5.74) is 2.07. The third-order valence-electron chi connectivity index (χ3n) is 4.61. The van der Waals surface area contributed by atoms with E-state index in [1.807, 2.05) is 30.3 Å². The van der Waals surface area contributed by atoms with Crippen molar-refractivity contribution >= 4 is 5.96 Å². The Balaban J connectivity index is 1.83. The van der Waals surface area contributed by atoms with Gasteiger partial charge < -0.3 is 29.6 Å². The number of nitrogens with one attached hydrogen (secondary N) is 2. The first kappa shape index (κ1) is 23.3. The fraction of sp³-hybridized carbons (Fsp3) is 0.435. The predicted molar refractivity (Wildman–Crippen MR) is 120 cm³/mol. The topological polar surface area (TPSA) is 73.3 Å². The lowest BCUT2D eigenvalue weighted by molar-refractivity contribution is 0.0931. The van der Waals surface area contributed by atoms with Gasteiger partial charge in [-0.15, -0.1) is 0 Å². The smallest absolute Gasteiger partial charge is 0.191 e. The van der Waals surface area contributed by atoms with Crippen molar-refractivity contribution in [1.82, 2.24) is 10.6 Å². The Kier molecular flexibility index (Phi) is 9.80. The van der Waals surface area contributed by atoms with Gasteiger partial charge in [-0.3, -0.25) is 4.99 Å². The van der Waals surface area contributed by atoms with Crippen LogP contribution in [-0.2, 0) is 17.9 Å². The van der Waals surface area contributed by atoms with Gasteiger partial charge in [-0.25, -0.2) is 0 Å². The van der Waals surface area contributed by atoms with E-state index in [0.29, 0.717) is 48.9 Å². The summed E-state index contributed by atoms with van der Waals surface area (Å²) in [4.78, 5) is 4.29. The Morgan fingerprint density at radius 3 is 2.20 bits per heavy atom. The van der Waals surface area contributed by atoms with E-state index in [0.717, 1.165) is 12.1 Å². The molecule has 0 aliphatic carbocycles. The number of guanidine groups is 1. The minimum absolute atomic E-state index is 0.331. The van der Waals surface area contributed by atoms with Crippen molar-refractivity contribution in [3.8, 4) is 17.2 Å². The standard InChI is InChI=1S/C23H33N3O4/c1-17(15-30-16-18-9-7-6-8-10-18)13-25-23(24-2)26-14-20-21(28-4)11-19(27-3)12-22(20)29-5/h6-12,17H,13-16H2,1-5H3,(H2,24,25,26). The molecule has 0 aliphatic rings. The summed E-state index contributed by atoms with van der Waals surface area (Å²) < 4.78 is 22.1. The van der Waals surface area contributed by atoms with Crippen LogP contribution < -0.4 is 24.8 Å². The Morgan fingerprint density at radius 1 is 0.967 bits per heavy atom. The Morgan fingerprint density at radius 2 is 1.63 bits per heavy atom. The molecule has 0 heterocycles. The van der Waals surface area contributed by atoms with E-state index in [2.05, 4.69) is 34.7 Å². The van der Waals surface area contributed by atoms with E-state index in [1.165, 1.54) is 5.56 Å². The van der Waals surface area contributed by atoms with Crippen molar-refractivity contribution in [2.24, 2.45) is 10.9 Å². The maximum atomic E-state index is 5.81.